The van der Waals surface area contributed by atoms with E-state index in [0.29, 0.717) is 11.6 Å². The SMILES string of the molecule is CC(=O)Oc1ccc(-c2ccc(C(=O)OCC(=O)C(C#N)=C3N(C)c4ccccc4N3C)cc2)cc1. The maximum absolute atomic E-state index is 12.8. The first-order valence-corrected chi connectivity index (χ1v) is 11.1. The Labute approximate surface area is 208 Å². The van der Waals surface area contributed by atoms with E-state index in [2.05, 4.69) is 0 Å². The standard InChI is InChI=1S/C28H23N3O5/c1-18(32)36-22-14-12-20(13-15-22)19-8-10-21(11-9-19)28(34)35-17-26(33)23(16-29)27-30(2)24-6-4-5-7-25(24)31(27)3/h4-15H,17H2,1-3H3. The van der Waals surface area contributed by atoms with Crippen molar-refractivity contribution in [3.8, 4) is 22.9 Å². The van der Waals surface area contributed by atoms with E-state index in [0.717, 1.165) is 22.5 Å². The van der Waals surface area contributed by atoms with Crippen molar-refractivity contribution in [2.45, 2.75) is 6.92 Å². The minimum absolute atomic E-state index is 0.0865. The number of rotatable bonds is 6. The quantitative estimate of drug-likeness (QED) is 0.222. The van der Waals surface area contributed by atoms with Gasteiger partial charge in [0.05, 0.1) is 16.9 Å². The van der Waals surface area contributed by atoms with Gasteiger partial charge in [-0.05, 0) is 47.5 Å². The molecule has 0 atom stereocenters. The number of nitriles is 1. The van der Waals surface area contributed by atoms with Crippen molar-refractivity contribution in [3.63, 3.8) is 0 Å². The molecule has 0 saturated carbocycles. The van der Waals surface area contributed by atoms with Gasteiger partial charge in [-0.3, -0.25) is 9.59 Å². The second kappa shape index (κ2) is 10.2. The molecular weight excluding hydrogens is 458 g/mol. The molecule has 36 heavy (non-hydrogen) atoms. The van der Waals surface area contributed by atoms with E-state index in [4.69, 9.17) is 9.47 Å². The Hall–Kier alpha value is -4.90. The number of fused-ring (bicyclic) bond motifs is 1. The van der Waals surface area contributed by atoms with Gasteiger partial charge in [0, 0.05) is 21.0 Å². The van der Waals surface area contributed by atoms with E-state index in [-0.39, 0.29) is 11.1 Å². The van der Waals surface area contributed by atoms with Crippen molar-refractivity contribution in [2.24, 2.45) is 0 Å². The van der Waals surface area contributed by atoms with Gasteiger partial charge in [-0.15, -0.1) is 0 Å². The summed E-state index contributed by atoms with van der Waals surface area (Å²) in [6.07, 6.45) is 0. The molecule has 3 aromatic carbocycles. The highest BCUT2D eigenvalue weighted by Crippen LogP contribution is 2.40. The highest BCUT2D eigenvalue weighted by atomic mass is 16.5. The van der Waals surface area contributed by atoms with Crippen LogP contribution in [-0.2, 0) is 14.3 Å². The Morgan fingerprint density at radius 1 is 0.833 bits per heavy atom. The molecular formula is C28H23N3O5. The van der Waals surface area contributed by atoms with Crippen molar-refractivity contribution in [2.75, 3.05) is 30.5 Å². The van der Waals surface area contributed by atoms with Crippen LogP contribution in [0.2, 0.25) is 0 Å². The Morgan fingerprint density at radius 2 is 1.36 bits per heavy atom. The van der Waals surface area contributed by atoms with E-state index in [1.54, 1.807) is 72.4 Å². The third-order valence-electron chi connectivity index (χ3n) is 5.76. The maximum atomic E-state index is 12.8. The zero-order valence-electron chi connectivity index (χ0n) is 20.0. The summed E-state index contributed by atoms with van der Waals surface area (Å²) in [4.78, 5) is 40.0. The smallest absolute Gasteiger partial charge is 0.338 e. The summed E-state index contributed by atoms with van der Waals surface area (Å²) in [6.45, 7) is 0.782. The van der Waals surface area contributed by atoms with Crippen LogP contribution in [0, 0.1) is 11.3 Å². The lowest BCUT2D eigenvalue weighted by Gasteiger charge is -2.19. The lowest BCUT2D eigenvalue weighted by molar-refractivity contribution is -0.131. The minimum atomic E-state index is -0.668. The molecule has 1 heterocycles. The summed E-state index contributed by atoms with van der Waals surface area (Å²) in [6, 6.07) is 23.2. The van der Waals surface area contributed by atoms with Crippen molar-refractivity contribution in [1.29, 1.82) is 5.26 Å². The summed E-state index contributed by atoms with van der Waals surface area (Å²) in [5.41, 5.74) is 3.65. The molecule has 0 fully saturated rings. The molecule has 8 heteroatoms. The van der Waals surface area contributed by atoms with Crippen LogP contribution in [0.15, 0.2) is 84.2 Å². The molecule has 0 amide bonds. The third kappa shape index (κ3) is 4.81. The molecule has 0 N–H and O–H groups in total. The van der Waals surface area contributed by atoms with Crippen LogP contribution in [0.4, 0.5) is 11.4 Å². The molecule has 4 rings (SSSR count). The summed E-state index contributed by atoms with van der Waals surface area (Å²) in [5, 5.41) is 9.71. The molecule has 0 aliphatic carbocycles. The topological polar surface area (TPSA) is 99.9 Å². The van der Waals surface area contributed by atoms with E-state index in [1.165, 1.54) is 6.92 Å². The molecule has 1 aliphatic rings. The largest absolute Gasteiger partial charge is 0.454 e. The van der Waals surface area contributed by atoms with Crippen LogP contribution >= 0.6 is 0 Å². The fraction of sp³-hybridized carbons (Fsp3) is 0.143. The zero-order chi connectivity index (χ0) is 25.8. The van der Waals surface area contributed by atoms with Crippen molar-refractivity contribution in [3.05, 3.63) is 89.8 Å². The fourth-order valence-electron chi connectivity index (χ4n) is 4.02. The number of para-hydroxylation sites is 2. The molecule has 8 nitrogen and oxygen atoms in total. The molecule has 0 spiro atoms. The van der Waals surface area contributed by atoms with Gasteiger partial charge in [0.15, 0.2) is 6.61 Å². The number of benzene rings is 3. The lowest BCUT2D eigenvalue weighted by Crippen LogP contribution is -2.27. The zero-order valence-corrected chi connectivity index (χ0v) is 20.0. The molecule has 0 bridgehead atoms. The average molecular weight is 482 g/mol. The van der Waals surface area contributed by atoms with Gasteiger partial charge in [0.25, 0.3) is 0 Å². The Morgan fingerprint density at radius 3 is 1.86 bits per heavy atom. The van der Waals surface area contributed by atoms with Crippen LogP contribution in [0.25, 0.3) is 11.1 Å². The number of esters is 2. The Bertz CT molecular complexity index is 1370. The Kier molecular flexibility index (Phi) is 6.84. The normalized spacial score (nSPS) is 12.0. The van der Waals surface area contributed by atoms with Crippen LogP contribution in [-0.4, -0.2) is 38.4 Å². The molecule has 180 valence electrons. The van der Waals surface area contributed by atoms with Crippen LogP contribution in [0.5, 0.6) is 5.75 Å². The number of hydrogen-bond acceptors (Lipinski definition) is 8. The lowest BCUT2D eigenvalue weighted by atomic mass is 10.0. The second-order valence-corrected chi connectivity index (χ2v) is 8.11. The van der Waals surface area contributed by atoms with Gasteiger partial charge in [0.2, 0.25) is 5.78 Å². The van der Waals surface area contributed by atoms with Gasteiger partial charge in [0.1, 0.15) is 23.2 Å². The number of hydrogen-bond donors (Lipinski definition) is 0. The van der Waals surface area contributed by atoms with Crippen LogP contribution in [0.3, 0.4) is 0 Å². The number of carbonyl (C=O) groups excluding carboxylic acids is 3. The first-order chi connectivity index (χ1) is 17.3. The second-order valence-electron chi connectivity index (χ2n) is 8.11. The highest BCUT2D eigenvalue weighted by Gasteiger charge is 2.31. The monoisotopic (exact) mass is 481 g/mol. The minimum Gasteiger partial charge on any atom is -0.454 e. The number of nitrogens with zero attached hydrogens (tertiary/aromatic N) is 3. The summed E-state index contributed by atoms with van der Waals surface area (Å²) in [7, 11) is 3.56. The summed E-state index contributed by atoms with van der Waals surface area (Å²) < 4.78 is 10.2. The number of ether oxygens (including phenoxy) is 2. The maximum Gasteiger partial charge on any atom is 0.338 e. The van der Waals surface area contributed by atoms with Crippen molar-refractivity contribution < 1.29 is 23.9 Å². The van der Waals surface area contributed by atoms with Crippen molar-refractivity contribution in [1.82, 2.24) is 0 Å². The van der Waals surface area contributed by atoms with Gasteiger partial charge >= 0.3 is 11.9 Å². The average Bonchev–Trinajstić information content (AvgIpc) is 3.13. The van der Waals surface area contributed by atoms with E-state index >= 15 is 0 Å². The third-order valence-corrected chi connectivity index (χ3v) is 5.76. The fourth-order valence-corrected chi connectivity index (χ4v) is 4.02. The van der Waals surface area contributed by atoms with Gasteiger partial charge in [-0.1, -0.05) is 36.4 Å². The number of ketones is 1. The van der Waals surface area contributed by atoms with Crippen LogP contribution < -0.4 is 14.5 Å². The number of carbonyl (C=O) groups is 3. The van der Waals surface area contributed by atoms with Gasteiger partial charge in [-0.2, -0.15) is 5.26 Å². The van der Waals surface area contributed by atoms with Crippen molar-refractivity contribution >= 4 is 29.1 Å². The summed E-state index contributed by atoms with van der Waals surface area (Å²) in [5.74, 6) is -0.768. The molecule has 0 unspecified atom stereocenters. The highest BCUT2D eigenvalue weighted by molar-refractivity contribution is 6.04. The summed E-state index contributed by atoms with van der Waals surface area (Å²) >= 11 is 0. The first-order valence-electron chi connectivity index (χ1n) is 11.1. The predicted octanol–water partition coefficient (Wildman–Crippen LogP) is 4.33. The number of anilines is 2. The van der Waals surface area contributed by atoms with E-state index < -0.39 is 24.3 Å². The van der Waals surface area contributed by atoms with E-state index in [9.17, 15) is 19.6 Å². The van der Waals surface area contributed by atoms with Gasteiger partial charge < -0.3 is 19.3 Å². The molecule has 1 aliphatic heterocycles. The molecule has 3 aromatic rings. The van der Waals surface area contributed by atoms with Crippen LogP contribution in [0.1, 0.15) is 17.3 Å². The first kappa shape index (κ1) is 24.2. The molecule has 0 saturated heterocycles. The number of Topliss-reactive ketones (excluding diaryl/α,β-unsaturated/α-hetero) is 1. The predicted molar refractivity (Wildman–Crippen MR) is 134 cm³/mol. The molecule has 0 radical (unpaired) electrons. The Balaban J connectivity index is 1.42. The molecule has 0 aromatic heterocycles. The van der Waals surface area contributed by atoms with Gasteiger partial charge in [-0.25, -0.2) is 4.79 Å². The van der Waals surface area contributed by atoms with E-state index in [1.807, 2.05) is 30.3 Å².